The molecule has 5 heteroatoms. The van der Waals surface area contributed by atoms with Gasteiger partial charge in [-0.05, 0) is 66.5 Å². The van der Waals surface area contributed by atoms with Gasteiger partial charge in [0.25, 0.3) is 0 Å². The third-order valence-electron chi connectivity index (χ3n) is 6.96. The number of Topliss-reactive ketones (excluding diaryl/α,β-unsaturated/α-hetero) is 2. The van der Waals surface area contributed by atoms with E-state index in [1.807, 2.05) is 0 Å². The molecule has 0 N–H and O–H groups in total. The molecule has 3 fully saturated rings. The van der Waals surface area contributed by atoms with Crippen molar-refractivity contribution in [1.29, 1.82) is 0 Å². The first-order valence-corrected chi connectivity index (χ1v) is 9.43. The highest BCUT2D eigenvalue weighted by Gasteiger charge is 2.60. The summed E-state index contributed by atoms with van der Waals surface area (Å²) in [6.07, 6.45) is -1.61. The normalized spacial score (nSPS) is 39.8. The molecule has 0 heterocycles. The number of carbonyl (C=O) groups is 2. The Bertz CT molecular complexity index is 737. The highest BCUT2D eigenvalue weighted by atomic mass is 19.4. The lowest BCUT2D eigenvalue weighted by atomic mass is 9.55. The Kier molecular flexibility index (Phi) is 4.05. The number of carbonyl (C=O) groups excluding carboxylic acids is 2. The first kappa shape index (κ1) is 17.7. The van der Waals surface area contributed by atoms with Crippen molar-refractivity contribution in [2.45, 2.75) is 45.2 Å². The predicted molar refractivity (Wildman–Crippen MR) is 90.3 cm³/mol. The third kappa shape index (κ3) is 2.62. The van der Waals surface area contributed by atoms with Crippen molar-refractivity contribution in [2.75, 3.05) is 0 Å². The van der Waals surface area contributed by atoms with Gasteiger partial charge in [0.15, 0.2) is 0 Å². The zero-order valence-corrected chi connectivity index (χ0v) is 14.9. The van der Waals surface area contributed by atoms with Crippen LogP contribution in [0.15, 0.2) is 24.3 Å². The summed E-state index contributed by atoms with van der Waals surface area (Å²) in [4.78, 5) is 25.4. The van der Waals surface area contributed by atoms with Gasteiger partial charge in [-0.1, -0.05) is 26.0 Å². The lowest BCUT2D eigenvalue weighted by molar-refractivity contribution is -0.137. The summed E-state index contributed by atoms with van der Waals surface area (Å²) in [7, 11) is 0. The smallest absolute Gasteiger partial charge is 0.291 e. The summed E-state index contributed by atoms with van der Waals surface area (Å²) in [5.41, 5.74) is 0.0788. The fourth-order valence-electron chi connectivity index (χ4n) is 6.10. The Balaban J connectivity index is 1.71. The van der Waals surface area contributed by atoms with Crippen LogP contribution in [0.2, 0.25) is 0 Å². The fraction of sp³-hybridized carbons (Fsp3) is 0.619. The maximum Gasteiger partial charge on any atom is 0.416 e. The van der Waals surface area contributed by atoms with Crippen LogP contribution >= 0.6 is 0 Å². The van der Waals surface area contributed by atoms with Crippen molar-refractivity contribution in [3.8, 4) is 0 Å². The molecule has 140 valence electrons. The quantitative estimate of drug-likeness (QED) is 0.666. The molecular formula is C21H23F3O2. The van der Waals surface area contributed by atoms with Gasteiger partial charge < -0.3 is 0 Å². The summed E-state index contributed by atoms with van der Waals surface area (Å²) in [6.45, 7) is 4.22. The molecule has 2 nitrogen and oxygen atoms in total. The number of benzene rings is 1. The van der Waals surface area contributed by atoms with E-state index in [-0.39, 0.29) is 41.2 Å². The second kappa shape index (κ2) is 5.93. The molecule has 0 aromatic heterocycles. The van der Waals surface area contributed by atoms with Gasteiger partial charge in [0, 0.05) is 11.8 Å². The van der Waals surface area contributed by atoms with Crippen molar-refractivity contribution >= 4 is 11.6 Å². The first-order valence-electron chi connectivity index (χ1n) is 9.43. The summed E-state index contributed by atoms with van der Waals surface area (Å²) in [6, 6.07) is 5.19. The standard InChI is InChI=1S/C21H23F3O2/c1-10-7-13-9-11(2)16(12-3-5-14(6-4-12)21(22,23)24)18-17(13)15(8-10)19(25)20(18)26/h3-6,10-11,13,15-18H,7-9H2,1-2H3. The monoisotopic (exact) mass is 364 g/mol. The number of ketones is 2. The largest absolute Gasteiger partial charge is 0.416 e. The van der Waals surface area contributed by atoms with Crippen LogP contribution in [0.25, 0.3) is 0 Å². The SMILES string of the molecule is CC1CC2CC(C)C(c3ccc(C(F)(F)F)cc3)C3C(=O)C(=O)C(C1)C23. The van der Waals surface area contributed by atoms with E-state index in [2.05, 4.69) is 13.8 Å². The average molecular weight is 364 g/mol. The van der Waals surface area contributed by atoms with E-state index in [1.54, 1.807) is 0 Å². The second-order valence-electron chi connectivity index (χ2n) is 8.63. The number of rotatable bonds is 1. The molecule has 1 aromatic carbocycles. The van der Waals surface area contributed by atoms with E-state index >= 15 is 0 Å². The van der Waals surface area contributed by atoms with Crippen molar-refractivity contribution in [3.63, 3.8) is 0 Å². The average Bonchev–Trinajstić information content (AvgIpc) is 2.80. The van der Waals surface area contributed by atoms with E-state index in [4.69, 9.17) is 0 Å². The molecule has 4 rings (SSSR count). The fourth-order valence-corrected chi connectivity index (χ4v) is 6.10. The molecule has 0 saturated heterocycles. The number of halogens is 3. The minimum atomic E-state index is -4.37. The molecule has 1 aromatic rings. The van der Waals surface area contributed by atoms with Crippen LogP contribution in [-0.4, -0.2) is 11.6 Å². The molecule has 0 aliphatic heterocycles. The van der Waals surface area contributed by atoms with Crippen molar-refractivity contribution in [2.24, 2.45) is 35.5 Å². The molecule has 26 heavy (non-hydrogen) atoms. The van der Waals surface area contributed by atoms with E-state index in [1.165, 1.54) is 12.1 Å². The number of alkyl halides is 3. The van der Waals surface area contributed by atoms with Gasteiger partial charge in [-0.25, -0.2) is 0 Å². The molecule has 0 amide bonds. The van der Waals surface area contributed by atoms with Crippen LogP contribution < -0.4 is 0 Å². The van der Waals surface area contributed by atoms with Crippen LogP contribution in [0.3, 0.4) is 0 Å². The lowest BCUT2D eigenvalue weighted by Gasteiger charge is -2.48. The highest BCUT2D eigenvalue weighted by Crippen LogP contribution is 2.59. The maximum absolute atomic E-state index is 12.9. The van der Waals surface area contributed by atoms with E-state index in [0.717, 1.165) is 37.0 Å². The van der Waals surface area contributed by atoms with Crippen molar-refractivity contribution in [3.05, 3.63) is 35.4 Å². The summed E-state index contributed by atoms with van der Waals surface area (Å²) >= 11 is 0. The Hall–Kier alpha value is -1.65. The van der Waals surface area contributed by atoms with Gasteiger partial charge in [-0.15, -0.1) is 0 Å². The second-order valence-corrected chi connectivity index (χ2v) is 8.63. The van der Waals surface area contributed by atoms with Crippen molar-refractivity contribution < 1.29 is 22.8 Å². The lowest BCUT2D eigenvalue weighted by Crippen LogP contribution is -2.42. The predicted octanol–water partition coefficient (Wildman–Crippen LogP) is 4.88. The maximum atomic E-state index is 12.9. The van der Waals surface area contributed by atoms with Gasteiger partial charge in [-0.3, -0.25) is 9.59 Å². The van der Waals surface area contributed by atoms with Gasteiger partial charge in [0.1, 0.15) is 0 Å². The first-order chi connectivity index (χ1) is 12.2. The third-order valence-corrected chi connectivity index (χ3v) is 6.96. The number of hydrogen-bond acceptors (Lipinski definition) is 2. The molecule has 3 aliphatic carbocycles. The van der Waals surface area contributed by atoms with Crippen LogP contribution in [0.1, 0.15) is 50.2 Å². The minimum Gasteiger partial charge on any atom is -0.291 e. The highest BCUT2D eigenvalue weighted by molar-refractivity contribution is 6.41. The van der Waals surface area contributed by atoms with Gasteiger partial charge in [0.05, 0.1) is 5.56 Å². The molecule has 7 atom stereocenters. The molecule has 0 radical (unpaired) electrons. The van der Waals surface area contributed by atoms with Crippen LogP contribution in [0, 0.1) is 35.5 Å². The van der Waals surface area contributed by atoms with E-state index in [9.17, 15) is 22.8 Å². The number of hydrogen-bond donors (Lipinski definition) is 0. The summed E-state index contributed by atoms with van der Waals surface area (Å²) < 4.78 is 38.6. The summed E-state index contributed by atoms with van der Waals surface area (Å²) in [5.74, 6) is -0.118. The van der Waals surface area contributed by atoms with Gasteiger partial charge in [-0.2, -0.15) is 13.2 Å². The van der Waals surface area contributed by atoms with E-state index in [0.29, 0.717) is 11.8 Å². The molecule has 3 aliphatic rings. The Morgan fingerprint density at radius 1 is 0.885 bits per heavy atom. The Morgan fingerprint density at radius 3 is 2.15 bits per heavy atom. The zero-order valence-electron chi connectivity index (χ0n) is 14.9. The van der Waals surface area contributed by atoms with Crippen LogP contribution in [0.4, 0.5) is 13.2 Å². The Labute approximate surface area is 151 Å². The minimum absolute atomic E-state index is 0.0784. The Morgan fingerprint density at radius 2 is 1.54 bits per heavy atom. The zero-order chi connectivity index (χ0) is 18.8. The van der Waals surface area contributed by atoms with Crippen LogP contribution in [0.5, 0.6) is 0 Å². The van der Waals surface area contributed by atoms with Crippen molar-refractivity contribution in [1.82, 2.24) is 0 Å². The van der Waals surface area contributed by atoms with Gasteiger partial charge >= 0.3 is 6.18 Å². The molecule has 0 bridgehead atoms. The topological polar surface area (TPSA) is 34.1 Å². The molecule has 0 spiro atoms. The molecule has 3 saturated carbocycles. The van der Waals surface area contributed by atoms with E-state index < -0.39 is 11.7 Å². The summed E-state index contributed by atoms with van der Waals surface area (Å²) in [5, 5.41) is 0. The van der Waals surface area contributed by atoms with Crippen LogP contribution in [-0.2, 0) is 15.8 Å². The molecular weight excluding hydrogens is 341 g/mol. The molecule has 7 unspecified atom stereocenters. The van der Waals surface area contributed by atoms with Gasteiger partial charge in [0.2, 0.25) is 11.6 Å².